The van der Waals surface area contributed by atoms with Crippen LogP contribution in [0.2, 0.25) is 0 Å². The number of nitrogens with zero attached hydrogens (tertiary/aromatic N) is 2. The predicted octanol–water partition coefficient (Wildman–Crippen LogP) is 2.16. The summed E-state index contributed by atoms with van der Waals surface area (Å²) in [5, 5.41) is 15.7. The summed E-state index contributed by atoms with van der Waals surface area (Å²) in [6, 6.07) is 3.52. The molecular weight excluding hydrogens is 338 g/mol. The van der Waals surface area contributed by atoms with Crippen molar-refractivity contribution in [1.29, 1.82) is 0 Å². The van der Waals surface area contributed by atoms with Crippen molar-refractivity contribution >= 4 is 34.0 Å². The summed E-state index contributed by atoms with van der Waals surface area (Å²) in [5.74, 6) is -1.40. The minimum Gasteiger partial charge on any atom is -0.477 e. The summed E-state index contributed by atoms with van der Waals surface area (Å²) in [4.78, 5) is 37.7. The van der Waals surface area contributed by atoms with Gasteiger partial charge in [-0.2, -0.15) is 0 Å². The van der Waals surface area contributed by atoms with Crippen LogP contribution >= 0.6 is 11.3 Å². The molecular formula is C14H13N3O6S. The van der Waals surface area contributed by atoms with E-state index in [9.17, 15) is 19.7 Å². The van der Waals surface area contributed by atoms with Crippen molar-refractivity contribution in [3.63, 3.8) is 0 Å². The zero-order valence-electron chi connectivity index (χ0n) is 12.8. The van der Waals surface area contributed by atoms with Crippen LogP contribution in [-0.2, 0) is 9.53 Å². The lowest BCUT2D eigenvalue weighted by atomic mass is 10.2. The zero-order chi connectivity index (χ0) is 17.7. The van der Waals surface area contributed by atoms with E-state index in [0.29, 0.717) is 5.13 Å². The maximum Gasteiger partial charge on any atom is 0.337 e. The monoisotopic (exact) mass is 351 g/mol. The Morgan fingerprint density at radius 2 is 2.17 bits per heavy atom. The Morgan fingerprint density at radius 3 is 2.75 bits per heavy atom. The Kier molecular flexibility index (Phi) is 5.42. The first-order valence-electron chi connectivity index (χ1n) is 6.62. The minimum atomic E-state index is -0.669. The van der Waals surface area contributed by atoms with Gasteiger partial charge in [-0.25, -0.2) is 9.78 Å². The third-order valence-corrected chi connectivity index (χ3v) is 3.68. The van der Waals surface area contributed by atoms with Crippen molar-refractivity contribution in [2.24, 2.45) is 0 Å². The van der Waals surface area contributed by atoms with E-state index in [1.54, 1.807) is 12.3 Å². The molecule has 0 fully saturated rings. The van der Waals surface area contributed by atoms with Gasteiger partial charge in [-0.05, 0) is 13.0 Å². The Hall–Kier alpha value is -3.01. The number of anilines is 1. The van der Waals surface area contributed by atoms with Crippen molar-refractivity contribution in [3.05, 3.63) is 45.0 Å². The fourth-order valence-electron chi connectivity index (χ4n) is 1.74. The van der Waals surface area contributed by atoms with Crippen LogP contribution in [-0.4, -0.2) is 35.5 Å². The van der Waals surface area contributed by atoms with E-state index in [-0.39, 0.29) is 17.0 Å². The number of hydrogen-bond donors (Lipinski definition) is 1. The van der Waals surface area contributed by atoms with Crippen molar-refractivity contribution in [1.82, 2.24) is 4.98 Å². The van der Waals surface area contributed by atoms with Gasteiger partial charge in [-0.15, -0.1) is 11.3 Å². The van der Waals surface area contributed by atoms with E-state index >= 15 is 0 Å². The molecule has 1 amide bonds. The van der Waals surface area contributed by atoms with Crippen molar-refractivity contribution in [2.45, 2.75) is 6.92 Å². The second kappa shape index (κ2) is 7.51. The number of ether oxygens (including phenoxy) is 2. The molecule has 1 aromatic heterocycles. The Balaban J connectivity index is 2.10. The molecule has 0 radical (unpaired) electrons. The highest BCUT2D eigenvalue weighted by Crippen LogP contribution is 2.28. The van der Waals surface area contributed by atoms with Crippen LogP contribution in [0.15, 0.2) is 23.6 Å². The molecule has 0 bridgehead atoms. The highest BCUT2D eigenvalue weighted by atomic mass is 32.1. The van der Waals surface area contributed by atoms with E-state index in [2.05, 4.69) is 15.0 Å². The molecule has 0 atom stereocenters. The smallest absolute Gasteiger partial charge is 0.337 e. The fourth-order valence-corrected chi connectivity index (χ4v) is 2.44. The normalized spacial score (nSPS) is 10.1. The van der Waals surface area contributed by atoms with Gasteiger partial charge in [0.15, 0.2) is 17.5 Å². The number of nitro benzene ring substituents is 1. The number of carbonyl (C=O) groups excluding carboxylic acids is 2. The maximum atomic E-state index is 11.8. The van der Waals surface area contributed by atoms with Gasteiger partial charge in [0.05, 0.1) is 23.3 Å². The van der Waals surface area contributed by atoms with Crippen molar-refractivity contribution in [2.75, 3.05) is 19.0 Å². The first-order chi connectivity index (χ1) is 11.4. The lowest BCUT2D eigenvalue weighted by Crippen LogP contribution is -2.20. The van der Waals surface area contributed by atoms with Crippen LogP contribution in [0, 0.1) is 17.0 Å². The topological polar surface area (TPSA) is 121 Å². The van der Waals surface area contributed by atoms with Gasteiger partial charge in [-0.3, -0.25) is 20.2 Å². The molecule has 126 valence electrons. The van der Waals surface area contributed by atoms with E-state index < -0.39 is 23.4 Å². The van der Waals surface area contributed by atoms with Gasteiger partial charge in [0.2, 0.25) is 0 Å². The van der Waals surface area contributed by atoms with Crippen LogP contribution in [0.4, 0.5) is 10.8 Å². The number of methoxy groups -OCH3 is 1. The van der Waals surface area contributed by atoms with E-state index in [4.69, 9.17) is 4.74 Å². The van der Waals surface area contributed by atoms with Crippen molar-refractivity contribution < 1.29 is 24.0 Å². The molecule has 0 saturated heterocycles. The maximum absolute atomic E-state index is 11.8. The highest BCUT2D eigenvalue weighted by Gasteiger charge is 2.19. The van der Waals surface area contributed by atoms with Crippen LogP contribution in [0.5, 0.6) is 5.75 Å². The Bertz CT molecular complexity index is 789. The average molecular weight is 351 g/mol. The molecule has 1 aromatic carbocycles. The van der Waals surface area contributed by atoms with Crippen LogP contribution in [0.3, 0.4) is 0 Å². The zero-order valence-corrected chi connectivity index (χ0v) is 13.6. The number of nitrogens with one attached hydrogen (secondary N) is 1. The fraction of sp³-hybridized carbons (Fsp3) is 0.214. The summed E-state index contributed by atoms with van der Waals surface area (Å²) in [6.45, 7) is 1.31. The largest absolute Gasteiger partial charge is 0.477 e. The Labute approximate surface area is 140 Å². The first-order valence-corrected chi connectivity index (χ1v) is 7.50. The molecule has 1 heterocycles. The van der Waals surface area contributed by atoms with Gasteiger partial charge in [-0.1, -0.05) is 0 Å². The number of benzene rings is 1. The van der Waals surface area contributed by atoms with Crippen molar-refractivity contribution in [3.8, 4) is 5.75 Å². The highest BCUT2D eigenvalue weighted by molar-refractivity contribution is 7.13. The number of carbonyl (C=O) groups is 2. The summed E-state index contributed by atoms with van der Waals surface area (Å²) >= 11 is 1.25. The minimum absolute atomic E-state index is 0.0778. The first kappa shape index (κ1) is 17.3. The molecule has 0 aliphatic rings. The van der Waals surface area contributed by atoms with Crippen LogP contribution in [0.1, 0.15) is 16.1 Å². The van der Waals surface area contributed by atoms with Crippen LogP contribution < -0.4 is 10.1 Å². The number of hydrogen-bond acceptors (Lipinski definition) is 8. The average Bonchev–Trinajstić information content (AvgIpc) is 2.96. The summed E-state index contributed by atoms with van der Waals surface area (Å²) in [7, 11) is 1.19. The number of esters is 1. The molecule has 1 N–H and O–H groups in total. The summed E-state index contributed by atoms with van der Waals surface area (Å²) < 4.78 is 9.74. The summed E-state index contributed by atoms with van der Waals surface area (Å²) in [5.41, 5.74) is 0.479. The second-order valence-corrected chi connectivity index (χ2v) is 5.42. The lowest BCUT2D eigenvalue weighted by Gasteiger charge is -2.08. The van der Waals surface area contributed by atoms with Gasteiger partial charge < -0.3 is 9.47 Å². The number of rotatable bonds is 6. The standard InChI is InChI=1S/C14H13N3O6S/c1-8-7-24-14(15-8)16-12(18)6-23-11-5-9(13(19)22-2)3-4-10(11)17(20)21/h3-5,7H,6H2,1-2H3,(H,15,16,18). The van der Waals surface area contributed by atoms with Gasteiger partial charge >= 0.3 is 11.7 Å². The SMILES string of the molecule is COC(=O)c1ccc([N+](=O)[O-])c(OCC(=O)Nc2nc(C)cs2)c1. The third kappa shape index (κ3) is 4.26. The van der Waals surface area contributed by atoms with E-state index in [1.165, 1.54) is 24.5 Å². The number of nitro groups is 1. The second-order valence-electron chi connectivity index (χ2n) is 4.56. The molecule has 24 heavy (non-hydrogen) atoms. The quantitative estimate of drug-likeness (QED) is 0.481. The summed E-state index contributed by atoms with van der Waals surface area (Å²) in [6.07, 6.45) is 0. The number of aryl methyl sites for hydroxylation is 1. The number of amides is 1. The van der Waals surface area contributed by atoms with E-state index in [1.807, 2.05) is 0 Å². The molecule has 0 aliphatic carbocycles. The molecule has 2 aromatic rings. The molecule has 10 heteroatoms. The Morgan fingerprint density at radius 1 is 1.42 bits per heavy atom. The molecule has 0 aliphatic heterocycles. The van der Waals surface area contributed by atoms with Gasteiger partial charge in [0.25, 0.3) is 5.91 Å². The predicted molar refractivity (Wildman–Crippen MR) is 85.4 cm³/mol. The number of aromatic nitrogens is 1. The lowest BCUT2D eigenvalue weighted by molar-refractivity contribution is -0.385. The third-order valence-electron chi connectivity index (χ3n) is 2.80. The molecule has 0 unspecified atom stereocenters. The molecule has 2 rings (SSSR count). The van der Waals surface area contributed by atoms with E-state index in [0.717, 1.165) is 17.8 Å². The van der Waals surface area contributed by atoms with Crippen LogP contribution in [0.25, 0.3) is 0 Å². The number of thiazole rings is 1. The molecule has 9 nitrogen and oxygen atoms in total. The van der Waals surface area contributed by atoms with Gasteiger partial charge in [0, 0.05) is 17.5 Å². The van der Waals surface area contributed by atoms with Gasteiger partial charge in [0.1, 0.15) is 0 Å². The molecule has 0 saturated carbocycles. The molecule has 0 spiro atoms.